The average molecular weight is 3470 g/mol. The van der Waals surface area contributed by atoms with Crippen LogP contribution in [0.3, 0.4) is 0 Å². The second-order valence-electron chi connectivity index (χ2n) is 34.9. The third-order valence-corrected chi connectivity index (χ3v) is 23.8. The van der Waals surface area contributed by atoms with Crippen molar-refractivity contribution in [1.82, 2.24) is 0 Å². The molecule has 0 amide bonds. The summed E-state index contributed by atoms with van der Waals surface area (Å²) in [5.41, 5.74) is 19.2. The Morgan fingerprint density at radius 2 is 0.386 bits per heavy atom. The summed E-state index contributed by atoms with van der Waals surface area (Å²) in [6.07, 6.45) is 41.6. The van der Waals surface area contributed by atoms with Crippen molar-refractivity contribution in [2.75, 3.05) is 0 Å². The zero-order valence-corrected chi connectivity index (χ0v) is 154. The van der Waals surface area contributed by atoms with Gasteiger partial charge in [0.25, 0.3) is 0 Å². The minimum absolute atomic E-state index is 0. The van der Waals surface area contributed by atoms with Crippen LogP contribution in [0.5, 0.6) is 0 Å². The Bertz CT molecular complexity index is 3810. The van der Waals surface area contributed by atoms with Crippen LogP contribution in [-0.4, -0.2) is 0 Å². The fourth-order valence-corrected chi connectivity index (χ4v) is 14.9. The first-order chi connectivity index (χ1) is 56.8. The van der Waals surface area contributed by atoms with E-state index in [4.69, 9.17) is 0 Å². The maximum atomic E-state index is 4.44. The third kappa shape index (κ3) is 77.1. The molecule has 7 aliphatic rings. The Hall–Kier alpha value is 16.7. The minimum Gasteiger partial charge on any atom is -0.335 e. The van der Waals surface area contributed by atoms with E-state index in [1.165, 1.54) is 168 Å². The molecule has 4 saturated carbocycles. The van der Waals surface area contributed by atoms with Crippen LogP contribution in [0.4, 0.5) is 0 Å². The molecule has 4 fully saturated rings. The molecular weight excluding hydrogens is 3300 g/mol. The van der Waals surface area contributed by atoms with Gasteiger partial charge in [-0.2, -0.15) is 275 Å². The maximum Gasteiger partial charge on any atom is 0 e. The smallest absolute Gasteiger partial charge is 0 e. The molecule has 14 rings (SSSR count). The summed E-state index contributed by atoms with van der Waals surface area (Å²) in [7, 11) is 0. The van der Waals surface area contributed by atoms with Crippen LogP contribution in [0.15, 0.2) is 176 Å². The van der Waals surface area contributed by atoms with Crippen molar-refractivity contribution in [2.24, 2.45) is 0 Å². The van der Waals surface area contributed by atoms with E-state index >= 15 is 0 Å². The fourth-order valence-electron chi connectivity index (χ4n) is 14.9. The van der Waals surface area contributed by atoms with E-state index in [2.05, 4.69) is 364 Å². The van der Waals surface area contributed by atoms with Crippen molar-refractivity contribution in [2.45, 2.75) is 402 Å². The van der Waals surface area contributed by atoms with Crippen molar-refractivity contribution < 1.29 is 687 Å². The molecule has 21 heteroatoms. The largest absolute Gasteiger partial charge is 0.335 e. The molecule has 0 spiro atoms. The van der Waals surface area contributed by atoms with Crippen LogP contribution < -0.4 is 0 Å². The van der Waals surface area contributed by atoms with E-state index in [0.717, 1.165) is 38.5 Å². The topological polar surface area (TPSA) is 0 Å². The predicted molar refractivity (Wildman–Crippen MR) is 533 cm³/mol. The summed E-state index contributed by atoms with van der Waals surface area (Å²) < 4.78 is 0. The van der Waals surface area contributed by atoms with Crippen molar-refractivity contribution in [3.8, 4) is 0 Å². The van der Waals surface area contributed by atoms with Gasteiger partial charge in [0, 0.05) is 687 Å². The van der Waals surface area contributed by atoms with E-state index in [9.17, 15) is 0 Å². The summed E-state index contributed by atoms with van der Waals surface area (Å²) in [5.74, 6) is 4.12. The number of hydrogen-bond donors (Lipinski definition) is 0. The van der Waals surface area contributed by atoms with Crippen LogP contribution in [0.25, 0.3) is 0 Å². The van der Waals surface area contributed by atoms with Gasteiger partial charge in [-0.15, -0.1) is 16.9 Å². The SMILES string of the molecule is CC.CC.CC.CC.CC.CC.CC.[CH2-]C1(c2[c-]cc(C(C)C)cc2)C=CC=CC1.[CH2-]C1(c2[c-]cc(C(C)C)cc2)CC1.[CH2-]C1(c2[c-]cc(C(C)C)cc2)CC=CC1.[CH2-]C1(c2[c-]cc(C(C)C)cc2)CC=CCC1.[CH2-]C1(c2[c-]cc(C(C)C)cc2)CCC1.[CH2-]C1(c2[c-]cc(C(C)C)cc2)CCCC1.[CH2-]C1(c2[c-]cc(C(C)C)cc2)CCCCC1.[Y].[Y].[Y].[Y].[Y].[Y].[Y].[Y].[Y].[Y].[Y].[Y].[Y].[Y].[Y].[Y].[Y].[Y].[Y].[Y].[Y]. The first kappa shape index (κ1) is 206. The van der Waals surface area contributed by atoms with Crippen LogP contribution in [0, 0.1) is 90.9 Å². The molecule has 0 saturated heterocycles. The molecule has 0 nitrogen and oxygen atoms in total. The van der Waals surface area contributed by atoms with Gasteiger partial charge >= 0.3 is 0 Å². The van der Waals surface area contributed by atoms with Crippen molar-refractivity contribution in [3.63, 3.8) is 0 Å². The van der Waals surface area contributed by atoms with Gasteiger partial charge in [-0.3, -0.25) is 0 Å². The van der Waals surface area contributed by atoms with Crippen molar-refractivity contribution in [3.05, 3.63) is 345 Å². The zero-order valence-electron chi connectivity index (χ0n) is 94.0. The molecular formula is C119H174Y21-14. The maximum absolute atomic E-state index is 4.44. The van der Waals surface area contributed by atoms with Crippen molar-refractivity contribution >= 4 is 0 Å². The van der Waals surface area contributed by atoms with Gasteiger partial charge in [0.05, 0.1) is 0 Å². The Balaban J connectivity index is -0.0000000593. The van der Waals surface area contributed by atoms with E-state index < -0.39 is 0 Å². The van der Waals surface area contributed by atoms with Gasteiger partial charge in [0.2, 0.25) is 0 Å². The second-order valence-corrected chi connectivity index (χ2v) is 34.9. The zero-order chi connectivity index (χ0) is 90.2. The normalized spacial score (nSPS) is 16.0. The Morgan fingerprint density at radius 1 is 0.193 bits per heavy atom. The van der Waals surface area contributed by atoms with E-state index in [0.29, 0.717) is 41.4 Å². The number of benzene rings is 7. The number of rotatable bonds is 14. The molecule has 7 aromatic carbocycles. The monoisotopic (exact) mass is 3470 g/mol. The van der Waals surface area contributed by atoms with Crippen LogP contribution in [0.1, 0.15) is 442 Å². The molecule has 7 aliphatic carbocycles. The summed E-state index contributed by atoms with van der Waals surface area (Å²) in [6.45, 7) is 89.3. The standard InChI is InChI=1S/C16H22.C16H20.C16H18.C15H20.C15H18.C14H18.C13H16.7C2H6.21Y/c3*1-13(2)14-7-9-15(10-8-14)16(3)11-5-4-6-12-16;2*1-12(2)13-6-8-14(9-7-13)15(3)10-4-5-11-15;1-11(2)12-5-7-13(8-6-12)14(3)9-4-10-14;1-10(2)11-4-6-12(7-5-11)13(3)8-9-13;7*1-2;;;;;;;;;;;;;;;;;;;;;/h7-9,13H,3-6,11-12H2,1-2H3;4-5,7-9,13H,3,6,11-12H2,1-2H3;4-9,11,13H,3,12H2,1-2H3;6-8,12H,3-5,10-11H2,1-2H3;4-8,12H,3,10-11H2,1-2H3;5-7,11H,3-4,9-10H2,1-2H3;4-6,10H,3,8-9H2,1-2H3;7*1-2H3;;;;;;;;;;;;;;;;;;;;;/q7*-2;;;;;;;;;;;;;;;;;;;;;;;;;;;;. The van der Waals surface area contributed by atoms with Crippen LogP contribution in [0.2, 0.25) is 0 Å². The molecule has 0 aliphatic heterocycles. The molecule has 0 bridgehead atoms. The van der Waals surface area contributed by atoms with E-state index in [-0.39, 0.29) is 725 Å². The first-order valence-electron chi connectivity index (χ1n) is 47.6. The average Bonchev–Trinajstić information content (AvgIpc) is 1.56. The number of allylic oxidation sites excluding steroid dienone is 8. The third-order valence-electron chi connectivity index (χ3n) is 23.8. The van der Waals surface area contributed by atoms with Gasteiger partial charge in [-0.05, 0) is 6.42 Å². The molecule has 0 N–H and O–H groups in total. The summed E-state index contributed by atoms with van der Waals surface area (Å²) in [4.78, 5) is 0. The molecule has 727 valence electrons. The van der Waals surface area contributed by atoms with E-state index in [1.807, 2.05) is 96.9 Å². The minimum atomic E-state index is -0.121. The Kier molecular flexibility index (Phi) is 174. The molecule has 21 radical (unpaired) electrons. The van der Waals surface area contributed by atoms with Gasteiger partial charge in [-0.1, -0.05) is 400 Å². The van der Waals surface area contributed by atoms with Crippen LogP contribution >= 0.6 is 0 Å². The van der Waals surface area contributed by atoms with Gasteiger partial charge in [0.1, 0.15) is 0 Å². The molecule has 0 heterocycles. The van der Waals surface area contributed by atoms with E-state index in [1.54, 1.807) is 0 Å². The molecule has 0 aromatic heterocycles. The first-order valence-corrected chi connectivity index (χ1v) is 47.6. The number of hydrogen-bond acceptors (Lipinski definition) is 0. The quantitative estimate of drug-likeness (QED) is 0.0752. The van der Waals surface area contributed by atoms with Gasteiger partial charge < -0.3 is 48.5 Å². The van der Waals surface area contributed by atoms with Gasteiger partial charge in [-0.25, -0.2) is 0 Å². The summed E-state index contributed by atoms with van der Waals surface area (Å²) in [5, 5.41) is 0. The molecule has 7 aromatic rings. The van der Waals surface area contributed by atoms with Crippen molar-refractivity contribution in [1.29, 1.82) is 0 Å². The summed E-state index contributed by atoms with van der Waals surface area (Å²) >= 11 is 0. The Morgan fingerprint density at radius 3 is 0.564 bits per heavy atom. The Labute approximate surface area is 1400 Å². The predicted octanol–water partition coefficient (Wildman–Crippen LogP) is 36.0. The van der Waals surface area contributed by atoms with Gasteiger partial charge in [0.15, 0.2) is 0 Å². The molecule has 2 unspecified atom stereocenters. The van der Waals surface area contributed by atoms with Crippen LogP contribution in [-0.2, 0) is 725 Å². The molecule has 2 atom stereocenters. The fraction of sp³-hybridized carbons (Fsp3) is 0.521. The summed E-state index contributed by atoms with van der Waals surface area (Å²) in [6, 6.07) is 69.7. The second kappa shape index (κ2) is 118. The molecule has 140 heavy (non-hydrogen) atoms.